The molecular formula is C20H38N4O6. The molecule has 0 spiro atoms. The Morgan fingerprint density at radius 2 is 1.17 bits per heavy atom. The third kappa shape index (κ3) is 10.0. The Hall–Kier alpha value is -2.20. The SMILES string of the molecule is CC(C)CC(NC(=O)C(N)CO)C(=O)NC(CC(C)C)C(=O)NC(C(=O)O)C(C)C. The number of carboxylic acid groups (broad SMARTS) is 1. The standard InChI is InChI=1S/C20H38N4O6/c1-10(2)7-14(22-17(26)13(21)9-25)18(27)23-15(8-11(3)4)19(28)24-16(12(5)6)20(29)30/h10-16,25H,7-9,21H2,1-6H3,(H,22,26)(H,23,27)(H,24,28)(H,29,30). The van der Waals surface area contributed by atoms with Crippen molar-refractivity contribution in [3.05, 3.63) is 0 Å². The van der Waals surface area contributed by atoms with Crippen molar-refractivity contribution in [2.75, 3.05) is 6.61 Å². The molecule has 0 aromatic carbocycles. The third-order valence-corrected chi connectivity index (χ3v) is 4.44. The topological polar surface area (TPSA) is 171 Å². The van der Waals surface area contributed by atoms with Crippen molar-refractivity contribution in [3.8, 4) is 0 Å². The number of aliphatic carboxylic acids is 1. The molecular weight excluding hydrogens is 392 g/mol. The number of carboxylic acids is 1. The summed E-state index contributed by atoms with van der Waals surface area (Å²) in [7, 11) is 0. The summed E-state index contributed by atoms with van der Waals surface area (Å²) in [6, 6.07) is -4.16. The van der Waals surface area contributed by atoms with E-state index in [9.17, 15) is 24.3 Å². The second-order valence-electron chi connectivity index (χ2n) is 8.74. The smallest absolute Gasteiger partial charge is 0.326 e. The van der Waals surface area contributed by atoms with Crippen molar-refractivity contribution in [3.63, 3.8) is 0 Å². The monoisotopic (exact) mass is 430 g/mol. The maximum atomic E-state index is 12.8. The minimum Gasteiger partial charge on any atom is -0.480 e. The van der Waals surface area contributed by atoms with Gasteiger partial charge in [-0.05, 0) is 30.6 Å². The predicted octanol–water partition coefficient (Wildman–Crippen LogP) is -0.407. The Morgan fingerprint density at radius 3 is 1.50 bits per heavy atom. The lowest BCUT2D eigenvalue weighted by atomic mass is 9.98. The van der Waals surface area contributed by atoms with Crippen LogP contribution in [0.3, 0.4) is 0 Å². The molecule has 0 aromatic rings. The summed E-state index contributed by atoms with van der Waals surface area (Å²) in [5.41, 5.74) is 5.51. The number of rotatable bonds is 13. The molecule has 4 unspecified atom stereocenters. The fourth-order valence-corrected chi connectivity index (χ4v) is 2.81. The number of hydrogen-bond acceptors (Lipinski definition) is 6. The van der Waals surface area contributed by atoms with Crippen molar-refractivity contribution < 1.29 is 29.4 Å². The molecule has 7 N–H and O–H groups in total. The van der Waals surface area contributed by atoms with Crippen LogP contribution in [-0.4, -0.2) is 64.7 Å². The maximum Gasteiger partial charge on any atom is 0.326 e. The summed E-state index contributed by atoms with van der Waals surface area (Å²) in [5.74, 6) is -3.23. The van der Waals surface area contributed by atoms with Crippen LogP contribution in [0.25, 0.3) is 0 Å². The lowest BCUT2D eigenvalue weighted by molar-refractivity contribution is -0.143. The number of carbonyl (C=O) groups is 4. The highest BCUT2D eigenvalue weighted by Crippen LogP contribution is 2.10. The molecule has 3 amide bonds. The highest BCUT2D eigenvalue weighted by atomic mass is 16.4. The van der Waals surface area contributed by atoms with Gasteiger partial charge in [0, 0.05) is 0 Å². The van der Waals surface area contributed by atoms with E-state index in [-0.39, 0.29) is 17.8 Å². The second-order valence-corrected chi connectivity index (χ2v) is 8.74. The summed E-state index contributed by atoms with van der Waals surface area (Å²) in [5, 5.41) is 26.0. The van der Waals surface area contributed by atoms with E-state index in [1.54, 1.807) is 13.8 Å². The summed E-state index contributed by atoms with van der Waals surface area (Å²) in [6.45, 7) is 10.3. The molecule has 0 rings (SSSR count). The first-order valence-electron chi connectivity index (χ1n) is 10.3. The number of hydrogen-bond donors (Lipinski definition) is 6. The zero-order chi connectivity index (χ0) is 23.6. The Balaban J connectivity index is 5.46. The molecule has 0 aromatic heterocycles. The molecule has 30 heavy (non-hydrogen) atoms. The Morgan fingerprint density at radius 1 is 0.767 bits per heavy atom. The van der Waals surface area contributed by atoms with Crippen LogP contribution < -0.4 is 21.7 Å². The van der Waals surface area contributed by atoms with Gasteiger partial charge >= 0.3 is 5.97 Å². The minimum absolute atomic E-state index is 0.0457. The average molecular weight is 431 g/mol. The van der Waals surface area contributed by atoms with Crippen LogP contribution in [0.2, 0.25) is 0 Å². The van der Waals surface area contributed by atoms with E-state index in [4.69, 9.17) is 10.8 Å². The molecule has 0 fully saturated rings. The van der Waals surface area contributed by atoms with Crippen LogP contribution in [0.5, 0.6) is 0 Å². The van der Waals surface area contributed by atoms with Crippen molar-refractivity contribution in [2.45, 2.75) is 78.6 Å². The highest BCUT2D eigenvalue weighted by Gasteiger charge is 2.31. The van der Waals surface area contributed by atoms with Gasteiger partial charge < -0.3 is 31.9 Å². The molecule has 0 heterocycles. The summed E-state index contributed by atoms with van der Waals surface area (Å²) in [6.07, 6.45) is 0.593. The van der Waals surface area contributed by atoms with Gasteiger partial charge in [0.1, 0.15) is 24.2 Å². The van der Waals surface area contributed by atoms with Gasteiger partial charge in [-0.1, -0.05) is 41.5 Å². The van der Waals surface area contributed by atoms with Crippen LogP contribution in [0, 0.1) is 17.8 Å². The van der Waals surface area contributed by atoms with Gasteiger partial charge in [-0.15, -0.1) is 0 Å². The van der Waals surface area contributed by atoms with Crippen LogP contribution in [0.4, 0.5) is 0 Å². The number of nitrogens with one attached hydrogen (secondary N) is 3. The Kier molecular flexibility index (Phi) is 12.2. The van der Waals surface area contributed by atoms with Crippen LogP contribution in [0.15, 0.2) is 0 Å². The molecule has 174 valence electrons. The number of amides is 3. The van der Waals surface area contributed by atoms with Crippen molar-refractivity contribution in [1.29, 1.82) is 0 Å². The van der Waals surface area contributed by atoms with Gasteiger partial charge in [-0.3, -0.25) is 14.4 Å². The number of aliphatic hydroxyl groups excluding tert-OH is 1. The van der Waals surface area contributed by atoms with E-state index in [0.717, 1.165) is 0 Å². The quantitative estimate of drug-likeness (QED) is 0.231. The maximum absolute atomic E-state index is 12.8. The molecule has 0 aliphatic heterocycles. The normalized spacial score (nSPS) is 15.4. The van der Waals surface area contributed by atoms with Gasteiger partial charge in [-0.25, -0.2) is 4.79 Å². The van der Waals surface area contributed by atoms with Gasteiger partial charge in [0.15, 0.2) is 0 Å². The molecule has 4 atom stereocenters. The van der Waals surface area contributed by atoms with Crippen molar-refractivity contribution >= 4 is 23.7 Å². The molecule has 0 saturated heterocycles. The average Bonchev–Trinajstić information content (AvgIpc) is 2.62. The zero-order valence-electron chi connectivity index (χ0n) is 18.8. The first-order valence-corrected chi connectivity index (χ1v) is 10.3. The largest absolute Gasteiger partial charge is 0.480 e. The van der Waals surface area contributed by atoms with Crippen LogP contribution in [0.1, 0.15) is 54.4 Å². The third-order valence-electron chi connectivity index (χ3n) is 4.44. The second kappa shape index (κ2) is 13.2. The van der Waals surface area contributed by atoms with E-state index in [2.05, 4.69) is 16.0 Å². The van der Waals surface area contributed by atoms with Gasteiger partial charge in [0.25, 0.3) is 0 Å². The van der Waals surface area contributed by atoms with E-state index >= 15 is 0 Å². The summed E-state index contributed by atoms with van der Waals surface area (Å²) < 4.78 is 0. The minimum atomic E-state index is -1.16. The van der Waals surface area contributed by atoms with E-state index in [0.29, 0.717) is 12.8 Å². The van der Waals surface area contributed by atoms with E-state index in [1.165, 1.54) is 0 Å². The van der Waals surface area contributed by atoms with Crippen molar-refractivity contribution in [1.82, 2.24) is 16.0 Å². The predicted molar refractivity (Wildman–Crippen MR) is 112 cm³/mol. The zero-order valence-corrected chi connectivity index (χ0v) is 18.8. The fourth-order valence-electron chi connectivity index (χ4n) is 2.81. The molecule has 10 heteroatoms. The fraction of sp³-hybridized carbons (Fsp3) is 0.800. The number of carbonyl (C=O) groups excluding carboxylic acids is 3. The molecule has 0 bridgehead atoms. The highest BCUT2D eigenvalue weighted by molar-refractivity contribution is 5.94. The van der Waals surface area contributed by atoms with Crippen molar-refractivity contribution in [2.24, 2.45) is 23.5 Å². The van der Waals surface area contributed by atoms with Crippen LogP contribution in [-0.2, 0) is 19.2 Å². The van der Waals surface area contributed by atoms with Gasteiger partial charge in [0.2, 0.25) is 17.7 Å². The lowest BCUT2D eigenvalue weighted by Gasteiger charge is -2.27. The van der Waals surface area contributed by atoms with Crippen LogP contribution >= 0.6 is 0 Å². The molecule has 0 radical (unpaired) electrons. The lowest BCUT2D eigenvalue weighted by Crippen LogP contribution is -2.58. The number of aliphatic hydroxyl groups is 1. The first-order chi connectivity index (χ1) is 13.8. The number of nitrogens with two attached hydrogens (primary N) is 1. The Bertz CT molecular complexity index is 594. The molecule has 10 nitrogen and oxygen atoms in total. The molecule has 0 aliphatic rings. The van der Waals surface area contributed by atoms with E-state index in [1.807, 2.05) is 27.7 Å². The summed E-state index contributed by atoms with van der Waals surface area (Å²) >= 11 is 0. The van der Waals surface area contributed by atoms with Gasteiger partial charge in [0.05, 0.1) is 6.61 Å². The molecule has 0 aliphatic carbocycles. The molecule has 0 saturated carbocycles. The van der Waals surface area contributed by atoms with E-state index < -0.39 is 54.5 Å². The Labute approximate surface area is 178 Å². The summed E-state index contributed by atoms with van der Waals surface area (Å²) in [4.78, 5) is 49.0. The van der Waals surface area contributed by atoms with Gasteiger partial charge in [-0.2, -0.15) is 0 Å². The first kappa shape index (κ1) is 27.8.